The lowest BCUT2D eigenvalue weighted by Crippen LogP contribution is -2.48. The quantitative estimate of drug-likeness (QED) is 0.346. The molecule has 1 aliphatic heterocycles. The van der Waals surface area contributed by atoms with Gasteiger partial charge in [0.25, 0.3) is 0 Å². The van der Waals surface area contributed by atoms with E-state index in [1.54, 1.807) is 17.4 Å². The third-order valence-electron chi connectivity index (χ3n) is 5.73. The monoisotopic (exact) mass is 449 g/mol. The Labute approximate surface area is 189 Å². The van der Waals surface area contributed by atoms with Gasteiger partial charge in [-0.05, 0) is 54.4 Å². The van der Waals surface area contributed by atoms with Crippen molar-refractivity contribution in [3.8, 4) is 0 Å². The van der Waals surface area contributed by atoms with Crippen molar-refractivity contribution in [1.29, 1.82) is 0 Å². The number of pyridine rings is 1. The Morgan fingerprint density at radius 2 is 1.97 bits per heavy atom. The van der Waals surface area contributed by atoms with Crippen LogP contribution in [-0.2, 0) is 11.5 Å². The number of amides is 1. The zero-order valence-corrected chi connectivity index (χ0v) is 18.9. The van der Waals surface area contributed by atoms with Gasteiger partial charge in [-0.25, -0.2) is 4.68 Å². The first-order valence-corrected chi connectivity index (χ1v) is 11.6. The smallest absolute Gasteiger partial charge is 0.246 e. The van der Waals surface area contributed by atoms with Crippen LogP contribution in [0.5, 0.6) is 0 Å². The van der Waals surface area contributed by atoms with Crippen LogP contribution in [0.15, 0.2) is 53.9 Å². The predicted molar refractivity (Wildman–Crippen MR) is 128 cm³/mol. The third-order valence-corrected chi connectivity index (χ3v) is 6.96. The molecule has 1 fully saturated rings. The molecule has 0 atom stereocenters. The summed E-state index contributed by atoms with van der Waals surface area (Å²) in [5, 5.41) is 7.97. The normalized spacial score (nSPS) is 15.5. The number of hydrogen-bond donors (Lipinski definition) is 0. The fraction of sp³-hybridized carbons (Fsp3) is 0.261. The van der Waals surface area contributed by atoms with Crippen LogP contribution in [0.4, 0.5) is 0 Å². The molecule has 4 heterocycles. The van der Waals surface area contributed by atoms with E-state index in [4.69, 9.17) is 17.3 Å². The van der Waals surface area contributed by atoms with Gasteiger partial charge in [-0.1, -0.05) is 24.3 Å². The number of aromatic nitrogens is 3. The first-order valence-electron chi connectivity index (χ1n) is 10.3. The van der Waals surface area contributed by atoms with Crippen molar-refractivity contribution in [2.24, 2.45) is 0 Å². The van der Waals surface area contributed by atoms with Gasteiger partial charge >= 0.3 is 0 Å². The van der Waals surface area contributed by atoms with E-state index in [1.165, 1.54) is 10.9 Å². The van der Waals surface area contributed by atoms with Gasteiger partial charge in [-0.15, -0.1) is 11.3 Å². The lowest BCUT2D eigenvalue weighted by molar-refractivity contribution is -0.127. The number of aryl methyl sites for hydroxylation is 1. The van der Waals surface area contributed by atoms with Gasteiger partial charge in [0.1, 0.15) is 0 Å². The van der Waals surface area contributed by atoms with Crippen molar-refractivity contribution in [2.75, 3.05) is 26.2 Å². The standard InChI is InChI=1S/C23H23N5OS2/c1-17-15-21-24-27(23(30)28(21)20-7-3-2-6-19(17)20)16-25-10-12-26(13-11-25)22(29)9-8-18-5-4-14-31-18/h2-9,14-15H,10-13,16H2,1H3/b9-8+. The topological polar surface area (TPSA) is 45.8 Å². The van der Waals surface area contributed by atoms with Crippen LogP contribution in [0.1, 0.15) is 10.4 Å². The number of nitrogens with zero attached hydrogens (tertiary/aromatic N) is 5. The Morgan fingerprint density at radius 3 is 2.74 bits per heavy atom. The van der Waals surface area contributed by atoms with E-state index < -0.39 is 0 Å². The summed E-state index contributed by atoms with van der Waals surface area (Å²) < 4.78 is 4.64. The lowest BCUT2D eigenvalue weighted by Gasteiger charge is -2.33. The molecule has 8 heteroatoms. The van der Waals surface area contributed by atoms with Crippen LogP contribution in [0.25, 0.3) is 22.6 Å². The van der Waals surface area contributed by atoms with E-state index >= 15 is 0 Å². The van der Waals surface area contributed by atoms with Crippen LogP contribution < -0.4 is 0 Å². The van der Waals surface area contributed by atoms with Crippen molar-refractivity contribution in [3.63, 3.8) is 0 Å². The Hall–Kier alpha value is -2.81. The van der Waals surface area contributed by atoms with E-state index in [0.29, 0.717) is 24.5 Å². The summed E-state index contributed by atoms with van der Waals surface area (Å²) in [4.78, 5) is 17.8. The minimum Gasteiger partial charge on any atom is -0.337 e. The molecule has 3 aromatic heterocycles. The average Bonchev–Trinajstić information content (AvgIpc) is 3.41. The molecule has 158 valence electrons. The molecule has 5 rings (SSSR count). The van der Waals surface area contributed by atoms with Crippen molar-refractivity contribution in [1.82, 2.24) is 24.0 Å². The highest BCUT2D eigenvalue weighted by Crippen LogP contribution is 2.21. The predicted octanol–water partition coefficient (Wildman–Crippen LogP) is 4.20. The second-order valence-electron chi connectivity index (χ2n) is 7.75. The highest BCUT2D eigenvalue weighted by molar-refractivity contribution is 7.71. The Bertz CT molecular complexity index is 1330. The van der Waals surface area contributed by atoms with Crippen molar-refractivity contribution < 1.29 is 4.79 Å². The lowest BCUT2D eigenvalue weighted by atomic mass is 10.1. The summed E-state index contributed by atoms with van der Waals surface area (Å²) in [6.07, 6.45) is 3.56. The van der Waals surface area contributed by atoms with E-state index in [9.17, 15) is 4.79 Å². The van der Waals surface area contributed by atoms with Gasteiger partial charge in [0.05, 0.1) is 12.2 Å². The van der Waals surface area contributed by atoms with Gasteiger partial charge in [0, 0.05) is 42.5 Å². The summed E-state index contributed by atoms with van der Waals surface area (Å²) in [6.45, 7) is 5.74. The summed E-state index contributed by atoms with van der Waals surface area (Å²) in [7, 11) is 0. The maximum atomic E-state index is 12.5. The van der Waals surface area contributed by atoms with Gasteiger partial charge in [-0.2, -0.15) is 5.10 Å². The molecule has 0 unspecified atom stereocenters. The number of carbonyl (C=O) groups is 1. The third kappa shape index (κ3) is 3.94. The second kappa shape index (κ2) is 8.37. The van der Waals surface area contributed by atoms with Crippen LogP contribution in [-0.4, -0.2) is 56.1 Å². The number of hydrogen-bond acceptors (Lipinski definition) is 5. The summed E-state index contributed by atoms with van der Waals surface area (Å²) in [5.41, 5.74) is 3.15. The first-order chi connectivity index (χ1) is 15.1. The Balaban J connectivity index is 1.29. The molecule has 1 aliphatic rings. The molecule has 4 aromatic rings. The van der Waals surface area contributed by atoms with Crippen molar-refractivity contribution in [3.05, 3.63) is 69.1 Å². The highest BCUT2D eigenvalue weighted by Gasteiger charge is 2.21. The number of fused-ring (bicyclic) bond motifs is 3. The maximum Gasteiger partial charge on any atom is 0.246 e. The molecule has 31 heavy (non-hydrogen) atoms. The second-order valence-corrected chi connectivity index (χ2v) is 9.10. The number of benzene rings is 1. The molecule has 0 radical (unpaired) electrons. The number of rotatable bonds is 4. The van der Waals surface area contributed by atoms with Gasteiger partial charge in [0.15, 0.2) is 5.65 Å². The molecular weight excluding hydrogens is 426 g/mol. The van der Waals surface area contributed by atoms with Gasteiger partial charge in [0.2, 0.25) is 10.7 Å². The fourth-order valence-electron chi connectivity index (χ4n) is 4.05. The number of thiophene rings is 1. The molecule has 1 amide bonds. The van der Waals surface area contributed by atoms with Gasteiger partial charge in [-0.3, -0.25) is 14.1 Å². The average molecular weight is 450 g/mol. The molecule has 0 bridgehead atoms. The van der Waals surface area contributed by atoms with Gasteiger partial charge < -0.3 is 4.90 Å². The molecule has 0 N–H and O–H groups in total. The number of carbonyl (C=O) groups excluding carboxylic acids is 1. The van der Waals surface area contributed by atoms with Crippen molar-refractivity contribution >= 4 is 52.1 Å². The summed E-state index contributed by atoms with van der Waals surface area (Å²) >= 11 is 7.40. The minimum atomic E-state index is 0.0688. The fourth-order valence-corrected chi connectivity index (χ4v) is 4.96. The maximum absolute atomic E-state index is 12.5. The largest absolute Gasteiger partial charge is 0.337 e. The molecule has 1 aromatic carbocycles. The Kier molecular flexibility index (Phi) is 5.43. The molecule has 6 nitrogen and oxygen atoms in total. The molecule has 0 spiro atoms. The van der Waals surface area contributed by atoms with Crippen molar-refractivity contribution in [2.45, 2.75) is 13.6 Å². The van der Waals surface area contributed by atoms with E-state index in [2.05, 4.69) is 30.0 Å². The summed E-state index contributed by atoms with van der Waals surface area (Å²) in [5.74, 6) is 0.0688. The first kappa shape index (κ1) is 20.1. The molecular formula is C23H23N5OS2. The minimum absolute atomic E-state index is 0.0688. The SMILES string of the molecule is Cc1cc2nn(CN3CCN(C(=O)/C=C/c4cccs4)CC3)c(=S)n2c2ccccc12. The van der Waals surface area contributed by atoms with Crippen LogP contribution in [0.3, 0.4) is 0 Å². The van der Waals surface area contributed by atoms with Crippen LogP contribution >= 0.6 is 23.6 Å². The van der Waals surface area contributed by atoms with Crippen LogP contribution in [0.2, 0.25) is 0 Å². The van der Waals surface area contributed by atoms with E-state index in [1.807, 2.05) is 49.7 Å². The van der Waals surface area contributed by atoms with Crippen LogP contribution in [0, 0.1) is 11.7 Å². The molecule has 0 aliphatic carbocycles. The molecule has 1 saturated heterocycles. The summed E-state index contributed by atoms with van der Waals surface area (Å²) in [6, 6.07) is 14.4. The number of para-hydroxylation sites is 1. The highest BCUT2D eigenvalue weighted by atomic mass is 32.1. The van der Waals surface area contributed by atoms with E-state index in [0.717, 1.165) is 29.1 Å². The Morgan fingerprint density at radius 1 is 1.16 bits per heavy atom. The zero-order chi connectivity index (χ0) is 21.4. The number of piperazine rings is 1. The van der Waals surface area contributed by atoms with E-state index in [-0.39, 0.29) is 5.91 Å². The molecule has 0 saturated carbocycles. The zero-order valence-electron chi connectivity index (χ0n) is 17.3.